The Morgan fingerprint density at radius 1 is 1.03 bits per heavy atom. The molecule has 34 heavy (non-hydrogen) atoms. The van der Waals surface area contributed by atoms with Crippen LogP contribution < -0.4 is 14.8 Å². The van der Waals surface area contributed by atoms with Crippen molar-refractivity contribution in [2.75, 3.05) is 25.5 Å². The molecular formula is C25H25ClN2O5S. The molecule has 1 amide bonds. The Balaban J connectivity index is 1.52. The van der Waals surface area contributed by atoms with Gasteiger partial charge in [0.2, 0.25) is 10.0 Å². The molecule has 1 aliphatic heterocycles. The fraction of sp³-hybridized carbons (Fsp3) is 0.240. The highest BCUT2D eigenvalue weighted by Gasteiger charge is 2.28. The van der Waals surface area contributed by atoms with Crippen molar-refractivity contribution < 1.29 is 22.7 Å². The average molecular weight is 501 g/mol. The molecule has 3 aromatic carbocycles. The summed E-state index contributed by atoms with van der Waals surface area (Å²) in [6.45, 7) is 1.25. The molecule has 0 saturated carbocycles. The van der Waals surface area contributed by atoms with Crippen molar-refractivity contribution in [1.82, 2.24) is 4.31 Å². The van der Waals surface area contributed by atoms with Crippen LogP contribution in [0.1, 0.15) is 28.8 Å². The summed E-state index contributed by atoms with van der Waals surface area (Å²) in [5.41, 5.74) is 1.46. The topological polar surface area (TPSA) is 84.9 Å². The SMILES string of the molecule is COc1ccc(S(=O)(=O)N2CCCC2)cc1NC(=O)c1cccc(OCc2ccccc2Cl)c1. The Morgan fingerprint density at radius 3 is 2.53 bits per heavy atom. The molecule has 178 valence electrons. The van der Waals surface area contributed by atoms with E-state index in [9.17, 15) is 13.2 Å². The summed E-state index contributed by atoms with van der Waals surface area (Å²) in [6, 6.07) is 18.6. The van der Waals surface area contributed by atoms with Crippen LogP contribution in [-0.4, -0.2) is 38.8 Å². The second-order valence-corrected chi connectivity index (χ2v) is 10.2. The van der Waals surface area contributed by atoms with Crippen LogP contribution in [0.15, 0.2) is 71.6 Å². The number of rotatable bonds is 8. The van der Waals surface area contributed by atoms with Crippen molar-refractivity contribution in [2.24, 2.45) is 0 Å². The van der Waals surface area contributed by atoms with Gasteiger partial charge in [-0.3, -0.25) is 4.79 Å². The number of nitrogens with one attached hydrogen (secondary N) is 1. The highest BCUT2D eigenvalue weighted by Crippen LogP contribution is 2.31. The van der Waals surface area contributed by atoms with E-state index in [0.29, 0.717) is 35.2 Å². The van der Waals surface area contributed by atoms with Crippen LogP contribution in [0.5, 0.6) is 11.5 Å². The summed E-state index contributed by atoms with van der Waals surface area (Å²) in [7, 11) is -2.17. The van der Waals surface area contributed by atoms with E-state index in [2.05, 4.69) is 5.32 Å². The molecule has 9 heteroatoms. The summed E-state index contributed by atoms with van der Waals surface area (Å²) in [5.74, 6) is 0.446. The van der Waals surface area contributed by atoms with Crippen molar-refractivity contribution in [3.05, 3.63) is 82.9 Å². The van der Waals surface area contributed by atoms with E-state index in [1.807, 2.05) is 18.2 Å². The summed E-state index contributed by atoms with van der Waals surface area (Å²) < 4.78 is 38.5. The molecule has 0 bridgehead atoms. The van der Waals surface area contributed by atoms with Gasteiger partial charge in [0.1, 0.15) is 18.1 Å². The molecule has 3 aromatic rings. The van der Waals surface area contributed by atoms with Gasteiger partial charge >= 0.3 is 0 Å². The molecule has 7 nitrogen and oxygen atoms in total. The minimum absolute atomic E-state index is 0.113. The Bertz CT molecular complexity index is 1290. The number of methoxy groups -OCH3 is 1. The third kappa shape index (κ3) is 5.35. The van der Waals surface area contributed by atoms with Gasteiger partial charge in [0, 0.05) is 29.2 Å². The summed E-state index contributed by atoms with van der Waals surface area (Å²) >= 11 is 6.18. The molecule has 0 spiro atoms. The van der Waals surface area contributed by atoms with Gasteiger partial charge in [0.25, 0.3) is 5.91 Å². The van der Waals surface area contributed by atoms with Gasteiger partial charge in [-0.15, -0.1) is 0 Å². The minimum Gasteiger partial charge on any atom is -0.495 e. The van der Waals surface area contributed by atoms with E-state index in [4.69, 9.17) is 21.1 Å². The van der Waals surface area contributed by atoms with E-state index in [0.717, 1.165) is 18.4 Å². The lowest BCUT2D eigenvalue weighted by molar-refractivity contribution is 0.102. The third-order valence-electron chi connectivity index (χ3n) is 5.57. The van der Waals surface area contributed by atoms with Crippen molar-refractivity contribution in [2.45, 2.75) is 24.3 Å². The lowest BCUT2D eigenvalue weighted by Gasteiger charge is -2.17. The van der Waals surface area contributed by atoms with Crippen LogP contribution in [-0.2, 0) is 16.6 Å². The predicted molar refractivity (Wildman–Crippen MR) is 131 cm³/mol. The maximum Gasteiger partial charge on any atom is 0.255 e. The molecule has 1 fully saturated rings. The maximum atomic E-state index is 13.0. The number of hydrogen-bond acceptors (Lipinski definition) is 5. The number of benzene rings is 3. The Labute approximate surface area is 204 Å². The highest BCUT2D eigenvalue weighted by atomic mass is 35.5. The van der Waals surface area contributed by atoms with Crippen molar-refractivity contribution >= 4 is 33.2 Å². The van der Waals surface area contributed by atoms with Gasteiger partial charge in [-0.05, 0) is 55.3 Å². The molecule has 1 N–H and O–H groups in total. The fourth-order valence-corrected chi connectivity index (χ4v) is 5.46. The van der Waals surface area contributed by atoms with Gasteiger partial charge in [0.15, 0.2) is 0 Å². The number of halogens is 1. The fourth-order valence-electron chi connectivity index (χ4n) is 3.72. The maximum absolute atomic E-state index is 13.0. The smallest absolute Gasteiger partial charge is 0.255 e. The first-order valence-corrected chi connectivity index (χ1v) is 12.7. The van der Waals surface area contributed by atoms with Crippen molar-refractivity contribution in [3.63, 3.8) is 0 Å². The monoisotopic (exact) mass is 500 g/mol. The van der Waals surface area contributed by atoms with Gasteiger partial charge in [0.05, 0.1) is 17.7 Å². The van der Waals surface area contributed by atoms with Crippen molar-refractivity contribution in [1.29, 1.82) is 0 Å². The molecule has 0 atom stereocenters. The summed E-state index contributed by atoms with van der Waals surface area (Å²) in [6.07, 6.45) is 1.68. The standard InChI is InChI=1S/C25H25ClN2O5S/c1-32-24-12-11-21(34(30,31)28-13-4-5-14-28)16-23(24)27-25(29)18-8-6-9-20(15-18)33-17-19-7-2-3-10-22(19)26/h2-3,6-12,15-16H,4-5,13-14,17H2,1H3,(H,27,29). The Hall–Kier alpha value is -3.07. The third-order valence-corrected chi connectivity index (χ3v) is 7.83. The number of ether oxygens (including phenoxy) is 2. The first kappa shape index (κ1) is 24.1. The quantitative estimate of drug-likeness (QED) is 0.472. The van der Waals surface area contributed by atoms with Gasteiger partial charge in [-0.2, -0.15) is 4.31 Å². The van der Waals surface area contributed by atoms with Gasteiger partial charge in [-0.1, -0.05) is 35.9 Å². The summed E-state index contributed by atoms with van der Waals surface area (Å²) in [5, 5.41) is 3.37. The average Bonchev–Trinajstić information content (AvgIpc) is 3.40. The van der Waals surface area contributed by atoms with Gasteiger partial charge in [-0.25, -0.2) is 8.42 Å². The largest absolute Gasteiger partial charge is 0.495 e. The first-order chi connectivity index (χ1) is 16.4. The molecule has 0 unspecified atom stereocenters. The number of sulfonamides is 1. The number of amides is 1. The highest BCUT2D eigenvalue weighted by molar-refractivity contribution is 7.89. The second-order valence-electron chi connectivity index (χ2n) is 7.84. The van der Waals surface area contributed by atoms with Gasteiger partial charge < -0.3 is 14.8 Å². The predicted octanol–water partition coefficient (Wildman–Crippen LogP) is 4.96. The Morgan fingerprint density at radius 2 is 1.79 bits per heavy atom. The van der Waals surface area contributed by atoms with E-state index < -0.39 is 15.9 Å². The lowest BCUT2D eigenvalue weighted by atomic mass is 10.2. The minimum atomic E-state index is -3.63. The number of anilines is 1. The van der Waals surface area contributed by atoms with Crippen LogP contribution in [0.25, 0.3) is 0 Å². The molecule has 0 aromatic heterocycles. The van der Waals surface area contributed by atoms with Crippen LogP contribution in [0.3, 0.4) is 0 Å². The molecular weight excluding hydrogens is 476 g/mol. The normalized spacial score (nSPS) is 14.1. The lowest BCUT2D eigenvalue weighted by Crippen LogP contribution is -2.28. The molecule has 1 heterocycles. The number of carbonyl (C=O) groups excluding carboxylic acids is 1. The van der Waals surface area contributed by atoms with Crippen LogP contribution >= 0.6 is 11.6 Å². The van der Waals surface area contributed by atoms with Crippen LogP contribution in [0.2, 0.25) is 5.02 Å². The molecule has 4 rings (SSSR count). The van der Waals surface area contributed by atoms with E-state index in [1.54, 1.807) is 36.4 Å². The Kier molecular flexibility index (Phi) is 7.41. The summed E-state index contributed by atoms with van der Waals surface area (Å²) in [4.78, 5) is 13.1. The number of nitrogens with zero attached hydrogens (tertiary/aromatic N) is 1. The van der Waals surface area contributed by atoms with E-state index in [-0.39, 0.29) is 17.2 Å². The molecule has 0 aliphatic carbocycles. The van der Waals surface area contributed by atoms with Crippen molar-refractivity contribution in [3.8, 4) is 11.5 Å². The van der Waals surface area contributed by atoms with Crippen LogP contribution in [0.4, 0.5) is 5.69 Å². The first-order valence-electron chi connectivity index (χ1n) is 10.8. The number of hydrogen-bond donors (Lipinski definition) is 1. The van der Waals surface area contributed by atoms with E-state index in [1.165, 1.54) is 23.5 Å². The van der Waals surface area contributed by atoms with E-state index >= 15 is 0 Å². The zero-order valence-electron chi connectivity index (χ0n) is 18.7. The van der Waals surface area contributed by atoms with Crippen LogP contribution in [0, 0.1) is 0 Å². The zero-order chi connectivity index (χ0) is 24.1. The second kappa shape index (κ2) is 10.5. The zero-order valence-corrected chi connectivity index (χ0v) is 20.2. The molecule has 1 aliphatic rings. The number of carbonyl (C=O) groups is 1. The molecule has 0 radical (unpaired) electrons. The molecule has 1 saturated heterocycles.